The molecule has 4 rings (SSSR count). The molecule has 0 unspecified atom stereocenters. The van der Waals surface area contributed by atoms with Crippen molar-refractivity contribution in [3.63, 3.8) is 0 Å². The van der Waals surface area contributed by atoms with Crippen molar-refractivity contribution in [1.82, 2.24) is 15.2 Å². The number of hydrogen-bond acceptors (Lipinski definition) is 7. The minimum atomic E-state index is -0.0362. The van der Waals surface area contributed by atoms with Gasteiger partial charge in [0, 0.05) is 25.0 Å². The summed E-state index contributed by atoms with van der Waals surface area (Å²) in [6.07, 6.45) is 0.296. The summed E-state index contributed by atoms with van der Waals surface area (Å²) < 4.78 is 16.0. The van der Waals surface area contributed by atoms with Crippen molar-refractivity contribution in [3.8, 4) is 11.5 Å². The van der Waals surface area contributed by atoms with Crippen LogP contribution in [-0.2, 0) is 29.0 Å². The Bertz CT molecular complexity index is 774. The van der Waals surface area contributed by atoms with Crippen molar-refractivity contribution < 1.29 is 19.0 Å². The Labute approximate surface area is 155 Å². The highest BCUT2D eigenvalue weighted by molar-refractivity contribution is 7.09. The first-order valence-corrected chi connectivity index (χ1v) is 9.53. The molecule has 0 saturated carbocycles. The lowest BCUT2D eigenvalue weighted by Gasteiger charge is -2.25. The molecule has 0 atom stereocenters. The van der Waals surface area contributed by atoms with E-state index in [0.29, 0.717) is 13.0 Å². The first-order chi connectivity index (χ1) is 12.8. The summed E-state index contributed by atoms with van der Waals surface area (Å²) in [5.41, 5.74) is 1.80. The highest BCUT2D eigenvalue weighted by Crippen LogP contribution is 2.32. The van der Waals surface area contributed by atoms with Crippen LogP contribution in [-0.4, -0.2) is 48.9 Å². The lowest BCUT2D eigenvalue weighted by molar-refractivity contribution is -0.120. The topological polar surface area (TPSA) is 72.9 Å². The van der Waals surface area contributed by atoms with E-state index in [1.165, 1.54) is 0 Å². The number of benzene rings is 1. The quantitative estimate of drug-likeness (QED) is 0.826. The second-order valence-corrected chi connectivity index (χ2v) is 7.20. The second-order valence-electron chi connectivity index (χ2n) is 6.26. The number of thiazole rings is 1. The summed E-state index contributed by atoms with van der Waals surface area (Å²) in [7, 11) is 0. The van der Waals surface area contributed by atoms with Gasteiger partial charge in [0.15, 0.2) is 11.5 Å². The van der Waals surface area contributed by atoms with E-state index in [-0.39, 0.29) is 12.7 Å². The van der Waals surface area contributed by atoms with Gasteiger partial charge in [-0.1, -0.05) is 6.07 Å². The molecule has 2 aliphatic heterocycles. The van der Waals surface area contributed by atoms with Crippen LogP contribution in [0.4, 0.5) is 0 Å². The molecule has 138 valence electrons. The predicted octanol–water partition coefficient (Wildman–Crippen LogP) is 1.56. The van der Waals surface area contributed by atoms with Gasteiger partial charge < -0.3 is 19.5 Å². The van der Waals surface area contributed by atoms with Gasteiger partial charge in [0.25, 0.3) is 0 Å². The lowest BCUT2D eigenvalue weighted by Crippen LogP contribution is -2.35. The van der Waals surface area contributed by atoms with E-state index in [9.17, 15) is 4.79 Å². The number of ether oxygens (including phenoxy) is 3. The highest BCUT2D eigenvalue weighted by Gasteiger charge is 2.15. The number of nitrogens with zero attached hydrogens (tertiary/aromatic N) is 2. The van der Waals surface area contributed by atoms with Gasteiger partial charge >= 0.3 is 0 Å². The third kappa shape index (κ3) is 4.32. The Morgan fingerprint density at radius 3 is 2.96 bits per heavy atom. The van der Waals surface area contributed by atoms with E-state index in [1.54, 1.807) is 11.3 Å². The molecule has 0 bridgehead atoms. The Morgan fingerprint density at radius 2 is 2.08 bits per heavy atom. The SMILES string of the molecule is O=C(Cc1csc(CN2CCOCC2)n1)NCc1ccc2c(c1)OCO2. The summed E-state index contributed by atoms with van der Waals surface area (Å²) in [5, 5.41) is 5.95. The molecule has 1 fully saturated rings. The standard InChI is InChI=1S/C18H21N3O4S/c22-17(19-9-13-1-2-15-16(7-13)25-12-24-15)8-14-11-26-18(20-14)10-21-3-5-23-6-4-21/h1-2,7,11H,3-6,8-10,12H2,(H,19,22). The molecule has 2 aliphatic rings. The highest BCUT2D eigenvalue weighted by atomic mass is 32.1. The van der Waals surface area contributed by atoms with Gasteiger partial charge in [-0.15, -0.1) is 11.3 Å². The van der Waals surface area contributed by atoms with Crippen molar-refractivity contribution in [2.45, 2.75) is 19.5 Å². The number of rotatable bonds is 6. The molecule has 0 spiro atoms. The molecular weight excluding hydrogens is 354 g/mol. The number of nitrogens with one attached hydrogen (secondary N) is 1. The Balaban J connectivity index is 1.25. The average molecular weight is 375 g/mol. The molecule has 2 aromatic rings. The zero-order valence-corrected chi connectivity index (χ0v) is 15.2. The van der Waals surface area contributed by atoms with Crippen molar-refractivity contribution >= 4 is 17.2 Å². The third-order valence-corrected chi connectivity index (χ3v) is 5.21. The largest absolute Gasteiger partial charge is 0.454 e. The van der Waals surface area contributed by atoms with Crippen LogP contribution in [0.3, 0.4) is 0 Å². The zero-order chi connectivity index (χ0) is 17.8. The van der Waals surface area contributed by atoms with Crippen LogP contribution in [0.15, 0.2) is 23.6 Å². The number of morpholine rings is 1. The minimum Gasteiger partial charge on any atom is -0.454 e. The number of aromatic nitrogens is 1. The smallest absolute Gasteiger partial charge is 0.231 e. The molecule has 1 aromatic carbocycles. The first kappa shape index (κ1) is 17.3. The summed E-state index contributed by atoms with van der Waals surface area (Å²) in [6, 6.07) is 5.69. The third-order valence-electron chi connectivity index (χ3n) is 4.33. The van der Waals surface area contributed by atoms with Crippen LogP contribution < -0.4 is 14.8 Å². The molecule has 3 heterocycles. The zero-order valence-electron chi connectivity index (χ0n) is 14.4. The second kappa shape index (κ2) is 8.03. The van der Waals surface area contributed by atoms with Crippen LogP contribution in [0, 0.1) is 0 Å². The molecule has 1 N–H and O–H groups in total. The van der Waals surface area contributed by atoms with Gasteiger partial charge in [-0.2, -0.15) is 0 Å². The van der Waals surface area contributed by atoms with Gasteiger partial charge in [-0.25, -0.2) is 4.98 Å². The fraction of sp³-hybridized carbons (Fsp3) is 0.444. The lowest BCUT2D eigenvalue weighted by atomic mass is 10.2. The molecular formula is C18H21N3O4S. The van der Waals surface area contributed by atoms with E-state index >= 15 is 0 Å². The summed E-state index contributed by atoms with van der Waals surface area (Å²) in [6.45, 7) is 4.96. The Kier molecular flexibility index (Phi) is 5.33. The number of amides is 1. The average Bonchev–Trinajstić information content (AvgIpc) is 3.29. The molecule has 1 aromatic heterocycles. The van der Waals surface area contributed by atoms with Crippen molar-refractivity contribution in [2.75, 3.05) is 33.1 Å². The van der Waals surface area contributed by atoms with Gasteiger partial charge in [-0.3, -0.25) is 9.69 Å². The molecule has 1 saturated heterocycles. The van der Waals surface area contributed by atoms with Crippen LogP contribution in [0.2, 0.25) is 0 Å². The van der Waals surface area contributed by atoms with Crippen LogP contribution >= 0.6 is 11.3 Å². The van der Waals surface area contributed by atoms with Crippen molar-refractivity contribution in [2.24, 2.45) is 0 Å². The number of hydrogen-bond donors (Lipinski definition) is 1. The summed E-state index contributed by atoms with van der Waals surface area (Å²) in [5.74, 6) is 1.44. The van der Waals surface area contributed by atoms with Gasteiger partial charge in [-0.05, 0) is 17.7 Å². The molecule has 0 aliphatic carbocycles. The Morgan fingerprint density at radius 1 is 1.23 bits per heavy atom. The number of carbonyl (C=O) groups excluding carboxylic acids is 1. The monoisotopic (exact) mass is 375 g/mol. The minimum absolute atomic E-state index is 0.0362. The van der Waals surface area contributed by atoms with Gasteiger partial charge in [0.1, 0.15) is 5.01 Å². The molecule has 8 heteroatoms. The van der Waals surface area contributed by atoms with Crippen molar-refractivity contribution in [3.05, 3.63) is 39.8 Å². The van der Waals surface area contributed by atoms with E-state index in [2.05, 4.69) is 15.2 Å². The number of fused-ring (bicyclic) bond motifs is 1. The van der Waals surface area contributed by atoms with Crippen molar-refractivity contribution in [1.29, 1.82) is 0 Å². The molecule has 0 radical (unpaired) electrons. The fourth-order valence-electron chi connectivity index (χ4n) is 2.93. The van der Waals surface area contributed by atoms with Crippen LogP contribution in [0.5, 0.6) is 11.5 Å². The fourth-order valence-corrected chi connectivity index (χ4v) is 3.77. The summed E-state index contributed by atoms with van der Waals surface area (Å²) in [4.78, 5) is 19.1. The van der Waals surface area contributed by atoms with Gasteiger partial charge in [0.2, 0.25) is 12.7 Å². The van der Waals surface area contributed by atoms with E-state index in [4.69, 9.17) is 14.2 Å². The molecule has 26 heavy (non-hydrogen) atoms. The van der Waals surface area contributed by atoms with Crippen LogP contribution in [0.25, 0.3) is 0 Å². The van der Waals surface area contributed by atoms with Crippen LogP contribution in [0.1, 0.15) is 16.3 Å². The van der Waals surface area contributed by atoms with E-state index in [0.717, 1.165) is 60.6 Å². The van der Waals surface area contributed by atoms with E-state index < -0.39 is 0 Å². The first-order valence-electron chi connectivity index (χ1n) is 8.65. The molecule has 7 nitrogen and oxygen atoms in total. The molecule has 1 amide bonds. The Hall–Kier alpha value is -2.16. The van der Waals surface area contributed by atoms with Gasteiger partial charge in [0.05, 0.1) is 31.9 Å². The predicted molar refractivity (Wildman–Crippen MR) is 96.3 cm³/mol. The maximum atomic E-state index is 12.2. The maximum Gasteiger partial charge on any atom is 0.231 e. The van der Waals surface area contributed by atoms with E-state index in [1.807, 2.05) is 23.6 Å². The number of carbonyl (C=O) groups is 1. The maximum absolute atomic E-state index is 12.2. The normalized spacial score (nSPS) is 16.6. The summed E-state index contributed by atoms with van der Waals surface area (Å²) >= 11 is 1.61.